The summed E-state index contributed by atoms with van der Waals surface area (Å²) in [7, 11) is 0. The minimum Gasteiger partial charge on any atom is -0.394 e. The van der Waals surface area contributed by atoms with Crippen LogP contribution in [-0.4, -0.2) is 27.2 Å². The molecule has 16 heavy (non-hydrogen) atoms. The van der Waals surface area contributed by atoms with E-state index in [2.05, 4.69) is 22.2 Å². The number of aromatic nitrogens is 2. The molecule has 0 atom stereocenters. The van der Waals surface area contributed by atoms with Gasteiger partial charge in [-0.25, -0.2) is 9.97 Å². The van der Waals surface area contributed by atoms with Gasteiger partial charge in [0.25, 0.3) is 0 Å². The fraction of sp³-hybridized carbons (Fsp3) is 0.667. The fourth-order valence-electron chi connectivity index (χ4n) is 2.06. The summed E-state index contributed by atoms with van der Waals surface area (Å²) in [5.74, 6) is 0.840. The van der Waals surface area contributed by atoms with E-state index in [0.29, 0.717) is 0 Å². The third-order valence-electron chi connectivity index (χ3n) is 3.24. The first-order valence-corrected chi connectivity index (χ1v) is 5.98. The Labute approximate surface area is 96.1 Å². The van der Waals surface area contributed by atoms with Gasteiger partial charge in [-0.2, -0.15) is 0 Å². The second-order valence-electron chi connectivity index (χ2n) is 4.56. The Hall–Kier alpha value is -1.16. The molecule has 0 aliphatic heterocycles. The van der Waals surface area contributed by atoms with Crippen LogP contribution in [0.3, 0.4) is 0 Å². The summed E-state index contributed by atoms with van der Waals surface area (Å²) in [5.41, 5.74) is 0.935. The lowest BCUT2D eigenvalue weighted by Crippen LogP contribution is -2.48. The normalized spacial score (nSPS) is 17.9. The van der Waals surface area contributed by atoms with E-state index in [9.17, 15) is 5.11 Å². The van der Waals surface area contributed by atoms with Crippen LogP contribution in [0.5, 0.6) is 0 Å². The molecule has 0 saturated heterocycles. The summed E-state index contributed by atoms with van der Waals surface area (Å²) in [6.07, 6.45) is 6.88. The molecule has 1 aromatic heterocycles. The van der Waals surface area contributed by atoms with Crippen molar-refractivity contribution in [2.24, 2.45) is 0 Å². The van der Waals surface area contributed by atoms with Crippen molar-refractivity contribution in [3.05, 3.63) is 18.1 Å². The van der Waals surface area contributed by atoms with Crippen molar-refractivity contribution in [3.8, 4) is 0 Å². The topological polar surface area (TPSA) is 58.0 Å². The molecule has 1 fully saturated rings. The summed E-state index contributed by atoms with van der Waals surface area (Å²) in [4.78, 5) is 8.42. The van der Waals surface area contributed by atoms with Crippen LogP contribution in [-0.2, 0) is 6.42 Å². The molecule has 0 amide bonds. The smallest absolute Gasteiger partial charge is 0.130 e. The summed E-state index contributed by atoms with van der Waals surface area (Å²) < 4.78 is 0. The van der Waals surface area contributed by atoms with Crippen molar-refractivity contribution in [2.75, 3.05) is 11.9 Å². The van der Waals surface area contributed by atoms with E-state index in [0.717, 1.165) is 37.2 Å². The van der Waals surface area contributed by atoms with Crippen molar-refractivity contribution in [1.29, 1.82) is 0 Å². The zero-order valence-electron chi connectivity index (χ0n) is 9.74. The molecule has 1 aliphatic carbocycles. The maximum atomic E-state index is 9.36. The summed E-state index contributed by atoms with van der Waals surface area (Å²) in [6.45, 7) is 2.32. The number of anilines is 1. The molecule has 4 nitrogen and oxygen atoms in total. The van der Waals surface area contributed by atoms with Crippen molar-refractivity contribution < 1.29 is 5.11 Å². The Balaban J connectivity index is 2.05. The van der Waals surface area contributed by atoms with E-state index in [1.165, 1.54) is 6.42 Å². The zero-order chi connectivity index (χ0) is 11.4. The number of nitrogens with one attached hydrogen (secondary N) is 1. The largest absolute Gasteiger partial charge is 0.394 e. The molecule has 1 aliphatic rings. The van der Waals surface area contributed by atoms with Crippen molar-refractivity contribution in [1.82, 2.24) is 9.97 Å². The van der Waals surface area contributed by atoms with Crippen LogP contribution in [0.25, 0.3) is 0 Å². The van der Waals surface area contributed by atoms with Gasteiger partial charge in [0, 0.05) is 11.8 Å². The number of hydrogen-bond acceptors (Lipinski definition) is 4. The van der Waals surface area contributed by atoms with Gasteiger partial charge in [-0.1, -0.05) is 13.3 Å². The van der Waals surface area contributed by atoms with Gasteiger partial charge < -0.3 is 10.4 Å². The van der Waals surface area contributed by atoms with E-state index in [1.807, 2.05) is 6.07 Å². The summed E-state index contributed by atoms with van der Waals surface area (Å²) in [5, 5.41) is 12.7. The molecule has 0 radical (unpaired) electrons. The molecule has 1 aromatic rings. The molecular formula is C12H19N3O. The standard InChI is InChI=1S/C12H19N3O/c1-2-4-10-7-11(14-9-13-10)15-12(8-16)5-3-6-12/h7,9,16H,2-6,8H2,1H3,(H,13,14,15). The van der Waals surface area contributed by atoms with Crippen molar-refractivity contribution in [2.45, 2.75) is 44.6 Å². The molecule has 0 spiro atoms. The highest BCUT2D eigenvalue weighted by Gasteiger charge is 2.36. The van der Waals surface area contributed by atoms with Gasteiger partial charge in [0.15, 0.2) is 0 Å². The van der Waals surface area contributed by atoms with Gasteiger partial charge in [0.2, 0.25) is 0 Å². The first-order chi connectivity index (χ1) is 7.78. The highest BCUT2D eigenvalue weighted by Crippen LogP contribution is 2.34. The number of aliphatic hydroxyl groups is 1. The molecule has 1 saturated carbocycles. The number of hydrogen-bond donors (Lipinski definition) is 2. The predicted octanol–water partition coefficient (Wildman–Crippen LogP) is 1.76. The molecule has 1 heterocycles. The third kappa shape index (κ3) is 2.32. The second kappa shape index (κ2) is 4.78. The molecule has 0 bridgehead atoms. The number of nitrogens with zero attached hydrogens (tertiary/aromatic N) is 2. The van der Waals surface area contributed by atoms with Crippen molar-refractivity contribution in [3.63, 3.8) is 0 Å². The minimum absolute atomic E-state index is 0.127. The Bertz CT molecular complexity index is 344. The van der Waals surface area contributed by atoms with Gasteiger partial charge in [-0.15, -0.1) is 0 Å². The molecule has 88 valence electrons. The minimum atomic E-state index is -0.127. The molecule has 2 N–H and O–H groups in total. The average Bonchev–Trinajstić information content (AvgIpc) is 2.25. The molecular weight excluding hydrogens is 202 g/mol. The summed E-state index contributed by atoms with van der Waals surface area (Å²) in [6, 6.07) is 1.99. The first-order valence-electron chi connectivity index (χ1n) is 5.98. The Kier molecular flexibility index (Phi) is 3.39. The lowest BCUT2D eigenvalue weighted by molar-refractivity contribution is 0.144. The third-order valence-corrected chi connectivity index (χ3v) is 3.24. The predicted molar refractivity (Wildman–Crippen MR) is 63.3 cm³/mol. The quantitative estimate of drug-likeness (QED) is 0.795. The molecule has 4 heteroatoms. The van der Waals surface area contributed by atoms with Gasteiger partial charge in [-0.3, -0.25) is 0 Å². The van der Waals surface area contributed by atoms with E-state index in [4.69, 9.17) is 0 Å². The number of rotatable bonds is 5. The SMILES string of the molecule is CCCc1cc(NC2(CO)CCC2)ncn1. The van der Waals surface area contributed by atoms with Gasteiger partial charge in [-0.05, 0) is 25.7 Å². The van der Waals surface area contributed by atoms with Crippen LogP contribution in [0.1, 0.15) is 38.3 Å². The lowest BCUT2D eigenvalue weighted by Gasteiger charge is -2.41. The van der Waals surface area contributed by atoms with Crippen LogP contribution in [0.15, 0.2) is 12.4 Å². The van der Waals surface area contributed by atoms with Crippen LogP contribution in [0.2, 0.25) is 0 Å². The Morgan fingerprint density at radius 2 is 2.25 bits per heavy atom. The molecule has 2 rings (SSSR count). The average molecular weight is 221 g/mol. The van der Waals surface area contributed by atoms with Crippen LogP contribution >= 0.6 is 0 Å². The summed E-state index contributed by atoms with van der Waals surface area (Å²) >= 11 is 0. The first kappa shape index (κ1) is 11.3. The van der Waals surface area contributed by atoms with Crippen LogP contribution in [0, 0.1) is 0 Å². The van der Waals surface area contributed by atoms with E-state index < -0.39 is 0 Å². The zero-order valence-corrected chi connectivity index (χ0v) is 9.74. The van der Waals surface area contributed by atoms with Gasteiger partial charge >= 0.3 is 0 Å². The Morgan fingerprint density at radius 3 is 2.81 bits per heavy atom. The van der Waals surface area contributed by atoms with Crippen molar-refractivity contribution >= 4 is 5.82 Å². The van der Waals surface area contributed by atoms with Crippen LogP contribution < -0.4 is 5.32 Å². The monoisotopic (exact) mass is 221 g/mol. The number of aryl methyl sites for hydroxylation is 1. The van der Waals surface area contributed by atoms with E-state index in [1.54, 1.807) is 6.33 Å². The Morgan fingerprint density at radius 1 is 1.44 bits per heavy atom. The maximum absolute atomic E-state index is 9.36. The highest BCUT2D eigenvalue weighted by atomic mass is 16.3. The van der Waals surface area contributed by atoms with E-state index >= 15 is 0 Å². The molecule has 0 aromatic carbocycles. The fourth-order valence-corrected chi connectivity index (χ4v) is 2.06. The van der Waals surface area contributed by atoms with E-state index in [-0.39, 0.29) is 12.1 Å². The van der Waals surface area contributed by atoms with Gasteiger partial charge in [0.05, 0.1) is 12.1 Å². The van der Waals surface area contributed by atoms with Crippen LogP contribution in [0.4, 0.5) is 5.82 Å². The van der Waals surface area contributed by atoms with Gasteiger partial charge in [0.1, 0.15) is 12.1 Å². The molecule has 0 unspecified atom stereocenters. The second-order valence-corrected chi connectivity index (χ2v) is 4.56. The maximum Gasteiger partial charge on any atom is 0.130 e. The number of aliphatic hydroxyl groups excluding tert-OH is 1. The highest BCUT2D eigenvalue weighted by molar-refractivity contribution is 5.39. The lowest BCUT2D eigenvalue weighted by atomic mass is 9.77.